The third kappa shape index (κ3) is 2.78. The van der Waals surface area contributed by atoms with Crippen LogP contribution in [0.3, 0.4) is 0 Å². The van der Waals surface area contributed by atoms with Crippen LogP contribution < -0.4 is 0 Å². The van der Waals surface area contributed by atoms with Crippen molar-refractivity contribution in [2.45, 2.75) is 12.8 Å². The molecule has 100 valence electrons. The Kier molecular flexibility index (Phi) is 4.31. The van der Waals surface area contributed by atoms with Gasteiger partial charge >= 0.3 is 0 Å². The highest BCUT2D eigenvalue weighted by Crippen LogP contribution is 2.24. The zero-order chi connectivity index (χ0) is 14.7. The number of carbonyl (C=O) groups excluding carboxylic acids is 1. The molecule has 0 aliphatic heterocycles. The number of nitriles is 1. The van der Waals surface area contributed by atoms with Crippen LogP contribution in [-0.2, 0) is 0 Å². The van der Waals surface area contributed by atoms with Crippen LogP contribution in [0.1, 0.15) is 27.4 Å². The predicted octanol–water partition coefficient (Wildman–Crippen LogP) is 4.39. The summed E-state index contributed by atoms with van der Waals surface area (Å²) in [7, 11) is 0. The van der Waals surface area contributed by atoms with Crippen molar-refractivity contribution in [1.29, 1.82) is 5.26 Å². The average Bonchev–Trinajstić information content (AvgIpc) is 2.44. The standard InChI is InChI=1S/C16H11BrFNO/c1-10-3-2-4-13(15(10)18)16(20)14(9-19)11-5-7-12(17)8-6-11/h2-8,14H,1H3. The Morgan fingerprint density at radius 2 is 1.90 bits per heavy atom. The number of Topliss-reactive ketones (excluding diaryl/α,β-unsaturated/α-hetero) is 1. The predicted molar refractivity (Wildman–Crippen MR) is 78.0 cm³/mol. The topological polar surface area (TPSA) is 40.9 Å². The molecule has 0 radical (unpaired) electrons. The minimum atomic E-state index is -1.00. The van der Waals surface area contributed by atoms with Crippen molar-refractivity contribution in [3.05, 3.63) is 69.4 Å². The minimum absolute atomic E-state index is 0.0422. The molecule has 2 rings (SSSR count). The van der Waals surface area contributed by atoms with Crippen molar-refractivity contribution in [2.24, 2.45) is 0 Å². The van der Waals surface area contributed by atoms with Gasteiger partial charge in [0.2, 0.25) is 0 Å². The second-order valence-corrected chi connectivity index (χ2v) is 5.33. The molecule has 1 unspecified atom stereocenters. The van der Waals surface area contributed by atoms with E-state index in [4.69, 9.17) is 0 Å². The van der Waals surface area contributed by atoms with Gasteiger partial charge in [0.15, 0.2) is 5.78 Å². The molecule has 0 spiro atoms. The van der Waals surface area contributed by atoms with Gasteiger partial charge in [-0.1, -0.05) is 40.2 Å². The van der Waals surface area contributed by atoms with Crippen LogP contribution in [-0.4, -0.2) is 5.78 Å². The summed E-state index contributed by atoms with van der Waals surface area (Å²) in [6, 6.07) is 13.4. The molecule has 0 N–H and O–H groups in total. The Labute approximate surface area is 125 Å². The smallest absolute Gasteiger partial charge is 0.187 e. The fourth-order valence-electron chi connectivity index (χ4n) is 1.93. The lowest BCUT2D eigenvalue weighted by Crippen LogP contribution is -2.13. The third-order valence-corrected chi connectivity index (χ3v) is 3.58. The molecule has 0 amide bonds. The van der Waals surface area contributed by atoms with E-state index in [1.165, 1.54) is 6.07 Å². The van der Waals surface area contributed by atoms with Crippen molar-refractivity contribution in [3.8, 4) is 6.07 Å². The van der Waals surface area contributed by atoms with E-state index in [0.29, 0.717) is 11.1 Å². The van der Waals surface area contributed by atoms with Crippen molar-refractivity contribution >= 4 is 21.7 Å². The quantitative estimate of drug-likeness (QED) is 0.783. The molecule has 20 heavy (non-hydrogen) atoms. The lowest BCUT2D eigenvalue weighted by atomic mass is 9.91. The summed E-state index contributed by atoms with van der Waals surface area (Å²) < 4.78 is 14.8. The summed E-state index contributed by atoms with van der Waals surface area (Å²) >= 11 is 3.29. The summed E-state index contributed by atoms with van der Waals surface area (Å²) in [4.78, 5) is 12.4. The normalized spacial score (nSPS) is 11.7. The number of benzene rings is 2. The maximum absolute atomic E-state index is 14.0. The summed E-state index contributed by atoms with van der Waals surface area (Å²) in [6.07, 6.45) is 0. The van der Waals surface area contributed by atoms with Crippen molar-refractivity contribution in [2.75, 3.05) is 0 Å². The van der Waals surface area contributed by atoms with E-state index in [2.05, 4.69) is 15.9 Å². The molecule has 0 aromatic heterocycles. The second-order valence-electron chi connectivity index (χ2n) is 4.41. The molecular formula is C16H11BrFNO. The summed E-state index contributed by atoms with van der Waals surface area (Å²) in [5, 5.41) is 9.24. The van der Waals surface area contributed by atoms with E-state index in [1.807, 2.05) is 6.07 Å². The average molecular weight is 332 g/mol. The number of aryl methyl sites for hydroxylation is 1. The molecule has 0 bridgehead atoms. The number of rotatable bonds is 3. The fraction of sp³-hybridized carbons (Fsp3) is 0.125. The molecule has 0 saturated heterocycles. The largest absolute Gasteiger partial charge is 0.292 e. The van der Waals surface area contributed by atoms with Crippen molar-refractivity contribution in [3.63, 3.8) is 0 Å². The first-order valence-electron chi connectivity index (χ1n) is 5.99. The van der Waals surface area contributed by atoms with Crippen LogP contribution in [0.2, 0.25) is 0 Å². The van der Waals surface area contributed by atoms with Gasteiger partial charge in [-0.3, -0.25) is 4.79 Å². The van der Waals surface area contributed by atoms with E-state index >= 15 is 0 Å². The monoisotopic (exact) mass is 331 g/mol. The van der Waals surface area contributed by atoms with Gasteiger partial charge in [-0.2, -0.15) is 5.26 Å². The molecule has 1 atom stereocenters. The SMILES string of the molecule is Cc1cccc(C(=O)C(C#N)c2ccc(Br)cc2)c1F. The van der Waals surface area contributed by atoms with Crippen LogP contribution in [0.5, 0.6) is 0 Å². The molecule has 0 heterocycles. The summed E-state index contributed by atoms with van der Waals surface area (Å²) in [6.45, 7) is 1.59. The molecular weight excluding hydrogens is 321 g/mol. The number of ketones is 1. The summed E-state index contributed by atoms with van der Waals surface area (Å²) in [5.41, 5.74) is 0.907. The first-order valence-corrected chi connectivity index (χ1v) is 6.78. The van der Waals surface area contributed by atoms with Gasteiger partial charge in [-0.15, -0.1) is 0 Å². The van der Waals surface area contributed by atoms with E-state index in [0.717, 1.165) is 4.47 Å². The molecule has 0 aliphatic rings. The van der Waals surface area contributed by atoms with E-state index in [9.17, 15) is 14.4 Å². The highest BCUT2D eigenvalue weighted by Gasteiger charge is 2.24. The van der Waals surface area contributed by atoms with Gasteiger partial charge in [0.05, 0.1) is 11.6 Å². The van der Waals surface area contributed by atoms with Crippen molar-refractivity contribution < 1.29 is 9.18 Å². The highest BCUT2D eigenvalue weighted by atomic mass is 79.9. The van der Waals surface area contributed by atoms with Crippen LogP contribution in [0.15, 0.2) is 46.9 Å². The Balaban J connectivity index is 2.42. The number of hydrogen-bond donors (Lipinski definition) is 0. The Bertz CT molecular complexity index is 689. The Morgan fingerprint density at radius 3 is 2.50 bits per heavy atom. The molecule has 2 nitrogen and oxygen atoms in total. The van der Waals surface area contributed by atoms with Crippen LogP contribution in [0.4, 0.5) is 4.39 Å². The van der Waals surface area contributed by atoms with Gasteiger partial charge in [0, 0.05) is 4.47 Å². The number of hydrogen-bond acceptors (Lipinski definition) is 2. The molecule has 4 heteroatoms. The van der Waals surface area contributed by atoms with Gasteiger partial charge < -0.3 is 0 Å². The van der Waals surface area contributed by atoms with E-state index < -0.39 is 17.5 Å². The third-order valence-electron chi connectivity index (χ3n) is 3.05. The number of carbonyl (C=O) groups is 1. The zero-order valence-corrected chi connectivity index (χ0v) is 12.3. The van der Waals surface area contributed by atoms with Crippen LogP contribution in [0, 0.1) is 24.1 Å². The number of halogens is 2. The van der Waals surface area contributed by atoms with E-state index in [-0.39, 0.29) is 5.56 Å². The Hall–Kier alpha value is -1.99. The maximum Gasteiger partial charge on any atom is 0.187 e. The molecule has 2 aromatic rings. The first kappa shape index (κ1) is 14.4. The fourth-order valence-corrected chi connectivity index (χ4v) is 2.20. The minimum Gasteiger partial charge on any atom is -0.292 e. The first-order chi connectivity index (χ1) is 9.54. The molecule has 2 aromatic carbocycles. The van der Waals surface area contributed by atoms with Gasteiger partial charge in [0.25, 0.3) is 0 Å². The Morgan fingerprint density at radius 1 is 1.25 bits per heavy atom. The lowest BCUT2D eigenvalue weighted by molar-refractivity contribution is 0.0975. The zero-order valence-electron chi connectivity index (χ0n) is 10.7. The summed E-state index contributed by atoms with van der Waals surface area (Å²) in [5.74, 6) is -2.08. The van der Waals surface area contributed by atoms with E-state index in [1.54, 1.807) is 43.3 Å². The highest BCUT2D eigenvalue weighted by molar-refractivity contribution is 9.10. The molecule has 0 aliphatic carbocycles. The molecule has 0 saturated carbocycles. The van der Waals surface area contributed by atoms with Crippen LogP contribution >= 0.6 is 15.9 Å². The lowest BCUT2D eigenvalue weighted by Gasteiger charge is -2.10. The van der Waals surface area contributed by atoms with Crippen molar-refractivity contribution in [1.82, 2.24) is 0 Å². The van der Waals surface area contributed by atoms with Gasteiger partial charge in [-0.05, 0) is 36.2 Å². The maximum atomic E-state index is 14.0. The molecule has 0 fully saturated rings. The number of nitrogens with zero attached hydrogens (tertiary/aromatic N) is 1. The second kappa shape index (κ2) is 5.98. The van der Waals surface area contributed by atoms with Gasteiger partial charge in [0.1, 0.15) is 11.7 Å². The van der Waals surface area contributed by atoms with Crippen LogP contribution in [0.25, 0.3) is 0 Å². The van der Waals surface area contributed by atoms with Gasteiger partial charge in [-0.25, -0.2) is 4.39 Å².